The molecule has 0 amide bonds. The largest absolute Gasteiger partial charge is 0.658 e. The van der Waals surface area contributed by atoms with E-state index in [1.165, 1.54) is 7.69 Å². The van der Waals surface area contributed by atoms with E-state index in [2.05, 4.69) is 0 Å². The maximum Gasteiger partial charge on any atom is 0.658 e. The summed E-state index contributed by atoms with van der Waals surface area (Å²) in [5.41, 5.74) is 2.00. The van der Waals surface area contributed by atoms with Crippen molar-refractivity contribution in [3.8, 4) is 23.0 Å². The Hall–Kier alpha value is -2.30. The van der Waals surface area contributed by atoms with Crippen LogP contribution in [0.25, 0.3) is 0 Å². The van der Waals surface area contributed by atoms with Crippen LogP contribution in [0.4, 0.5) is 0 Å². The van der Waals surface area contributed by atoms with Gasteiger partial charge in [-0.1, -0.05) is 12.1 Å². The summed E-state index contributed by atoms with van der Waals surface area (Å²) < 4.78 is 21.4. The van der Waals surface area contributed by atoms with Crippen LogP contribution in [0.5, 0.6) is 23.0 Å². The number of hydrogen-bond donors (Lipinski definition) is 0. The summed E-state index contributed by atoms with van der Waals surface area (Å²) in [6.07, 6.45) is 0. The van der Waals surface area contributed by atoms with Crippen LogP contribution in [0.1, 0.15) is 11.1 Å². The third-order valence-corrected chi connectivity index (χ3v) is 3.14. The third kappa shape index (κ3) is 3.84. The third-order valence-electron chi connectivity index (χ3n) is 3.14. The van der Waals surface area contributed by atoms with Crippen LogP contribution in [0.2, 0.25) is 0 Å². The lowest BCUT2D eigenvalue weighted by molar-refractivity contribution is 0.405. The first kappa shape index (κ1) is 15.1. The van der Waals surface area contributed by atoms with Crippen LogP contribution in [0.3, 0.4) is 0 Å². The first-order chi connectivity index (χ1) is 10.1. The molecule has 0 aliphatic rings. The maximum absolute atomic E-state index is 5.54. The fraction of sp³-hybridized carbons (Fsp3) is 0.250. The van der Waals surface area contributed by atoms with E-state index in [0.29, 0.717) is 11.5 Å². The normalized spacial score (nSPS) is 9.90. The van der Waals surface area contributed by atoms with Gasteiger partial charge in [-0.05, 0) is 37.1 Å². The van der Waals surface area contributed by atoms with Crippen molar-refractivity contribution in [3.05, 3.63) is 47.5 Å². The highest BCUT2D eigenvalue weighted by atomic mass is 16.6. The van der Waals surface area contributed by atoms with Crippen LogP contribution in [0, 0.1) is 13.8 Å². The van der Waals surface area contributed by atoms with Crippen molar-refractivity contribution >= 4 is 7.69 Å². The maximum atomic E-state index is 5.54. The molecule has 21 heavy (non-hydrogen) atoms. The fourth-order valence-corrected chi connectivity index (χ4v) is 1.80. The molecule has 0 saturated carbocycles. The number of hydrogen-bond acceptors (Lipinski definition) is 4. The van der Waals surface area contributed by atoms with E-state index in [1.807, 2.05) is 50.2 Å². The molecule has 5 heteroatoms. The number of benzene rings is 2. The van der Waals surface area contributed by atoms with Crippen molar-refractivity contribution in [3.63, 3.8) is 0 Å². The first-order valence-corrected chi connectivity index (χ1v) is 6.58. The monoisotopic (exact) mass is 285 g/mol. The molecule has 0 aliphatic heterocycles. The van der Waals surface area contributed by atoms with Gasteiger partial charge < -0.3 is 18.8 Å². The Morgan fingerprint density at radius 1 is 0.714 bits per heavy atom. The molecule has 0 atom stereocenters. The summed E-state index contributed by atoms with van der Waals surface area (Å²) >= 11 is 0. The lowest BCUT2D eigenvalue weighted by atomic mass is 10.2. The zero-order chi connectivity index (χ0) is 15.2. The molecule has 109 valence electrons. The molecule has 1 radical (unpaired) electrons. The Labute approximate surface area is 125 Å². The van der Waals surface area contributed by atoms with E-state index < -0.39 is 0 Å². The predicted octanol–water partition coefficient (Wildman–Crippen LogP) is 3.31. The fourth-order valence-electron chi connectivity index (χ4n) is 1.80. The standard InChI is InChI=1S/C16H18BO4/c1-11-5-7-13(18-3)9-15(11)20-17-21-16-10-14(19-4)8-6-12(16)2/h5-10H,1-4H3. The summed E-state index contributed by atoms with van der Waals surface area (Å²) in [6.45, 7) is 3.92. The van der Waals surface area contributed by atoms with E-state index in [0.717, 1.165) is 22.6 Å². The number of ether oxygens (including phenoxy) is 2. The second kappa shape index (κ2) is 6.93. The minimum absolute atomic E-state index is 0.690. The summed E-state index contributed by atoms with van der Waals surface area (Å²) in [5, 5.41) is 0. The molecule has 4 nitrogen and oxygen atoms in total. The molecule has 0 fully saturated rings. The molecular formula is C16H18BO4. The Morgan fingerprint density at radius 2 is 1.14 bits per heavy atom. The predicted molar refractivity (Wildman–Crippen MR) is 82.5 cm³/mol. The van der Waals surface area contributed by atoms with Gasteiger partial charge in [-0.25, -0.2) is 0 Å². The average Bonchev–Trinajstić information content (AvgIpc) is 2.51. The summed E-state index contributed by atoms with van der Waals surface area (Å²) in [7, 11) is 4.55. The molecule has 0 heterocycles. The van der Waals surface area contributed by atoms with Crippen molar-refractivity contribution in [2.45, 2.75) is 13.8 Å². The molecule has 0 spiro atoms. The molecule has 2 rings (SSSR count). The molecule has 0 aromatic heterocycles. The zero-order valence-corrected chi connectivity index (χ0v) is 12.7. The lowest BCUT2D eigenvalue weighted by Crippen LogP contribution is -2.12. The van der Waals surface area contributed by atoms with Crippen molar-refractivity contribution in [2.24, 2.45) is 0 Å². The lowest BCUT2D eigenvalue weighted by Gasteiger charge is -2.12. The first-order valence-electron chi connectivity index (χ1n) is 6.58. The quantitative estimate of drug-likeness (QED) is 0.763. The van der Waals surface area contributed by atoms with E-state index in [4.69, 9.17) is 18.8 Å². The number of methoxy groups -OCH3 is 2. The molecule has 0 aliphatic carbocycles. The topological polar surface area (TPSA) is 36.9 Å². The van der Waals surface area contributed by atoms with Crippen LogP contribution < -0.4 is 18.8 Å². The van der Waals surface area contributed by atoms with Gasteiger partial charge in [-0.15, -0.1) is 0 Å². The molecule has 2 aromatic rings. The van der Waals surface area contributed by atoms with Crippen LogP contribution in [-0.4, -0.2) is 21.9 Å². The number of rotatable bonds is 6. The Balaban J connectivity index is 2.01. The number of aryl methyl sites for hydroxylation is 2. The average molecular weight is 285 g/mol. The Kier molecular flexibility index (Phi) is 4.98. The van der Waals surface area contributed by atoms with Gasteiger partial charge in [0.2, 0.25) is 0 Å². The SMILES string of the molecule is COc1ccc(C)c(O[B]Oc2cc(OC)ccc2C)c1. The van der Waals surface area contributed by atoms with Crippen LogP contribution in [0.15, 0.2) is 36.4 Å². The summed E-state index contributed by atoms with van der Waals surface area (Å²) in [6, 6.07) is 11.3. The minimum atomic E-state index is 0.690. The second-order valence-electron chi connectivity index (χ2n) is 4.59. The van der Waals surface area contributed by atoms with Gasteiger partial charge in [0.05, 0.1) is 14.2 Å². The van der Waals surface area contributed by atoms with E-state index in [-0.39, 0.29) is 0 Å². The Morgan fingerprint density at radius 3 is 1.52 bits per heavy atom. The van der Waals surface area contributed by atoms with E-state index in [9.17, 15) is 0 Å². The van der Waals surface area contributed by atoms with Crippen molar-refractivity contribution < 1.29 is 18.8 Å². The molecule has 0 bridgehead atoms. The van der Waals surface area contributed by atoms with Gasteiger partial charge >= 0.3 is 7.69 Å². The van der Waals surface area contributed by atoms with Crippen molar-refractivity contribution in [1.29, 1.82) is 0 Å². The second-order valence-corrected chi connectivity index (χ2v) is 4.59. The molecular weight excluding hydrogens is 267 g/mol. The van der Waals surface area contributed by atoms with Gasteiger partial charge in [-0.3, -0.25) is 0 Å². The van der Waals surface area contributed by atoms with Crippen LogP contribution >= 0.6 is 0 Å². The summed E-state index contributed by atoms with van der Waals surface area (Å²) in [4.78, 5) is 0. The molecule has 0 saturated heterocycles. The molecule has 0 N–H and O–H groups in total. The summed E-state index contributed by atoms with van der Waals surface area (Å²) in [5.74, 6) is 2.85. The van der Waals surface area contributed by atoms with Crippen molar-refractivity contribution in [2.75, 3.05) is 14.2 Å². The molecule has 0 unspecified atom stereocenters. The highest BCUT2D eigenvalue weighted by Crippen LogP contribution is 2.26. The van der Waals surface area contributed by atoms with Crippen LogP contribution in [-0.2, 0) is 0 Å². The smallest absolute Gasteiger partial charge is 0.526 e. The van der Waals surface area contributed by atoms with Gasteiger partial charge in [0.25, 0.3) is 0 Å². The highest BCUT2D eigenvalue weighted by molar-refractivity contribution is 6.20. The van der Waals surface area contributed by atoms with Crippen molar-refractivity contribution in [1.82, 2.24) is 0 Å². The highest BCUT2D eigenvalue weighted by Gasteiger charge is 2.08. The van der Waals surface area contributed by atoms with Gasteiger partial charge in [0.15, 0.2) is 0 Å². The minimum Gasteiger partial charge on any atom is -0.526 e. The zero-order valence-electron chi connectivity index (χ0n) is 12.7. The van der Waals surface area contributed by atoms with E-state index >= 15 is 0 Å². The van der Waals surface area contributed by atoms with Gasteiger partial charge in [0, 0.05) is 12.1 Å². The van der Waals surface area contributed by atoms with E-state index in [1.54, 1.807) is 14.2 Å². The van der Waals surface area contributed by atoms with Gasteiger partial charge in [0.1, 0.15) is 23.0 Å². The Bertz CT molecular complexity index is 560. The molecule has 2 aromatic carbocycles. The van der Waals surface area contributed by atoms with Gasteiger partial charge in [-0.2, -0.15) is 0 Å².